The largest absolute Gasteiger partial charge is 0.365 e. The van der Waals surface area contributed by atoms with E-state index in [1.165, 1.54) is 17.8 Å². The third-order valence-corrected chi connectivity index (χ3v) is 4.29. The maximum atomic E-state index is 11.2. The Morgan fingerprint density at radius 3 is 2.32 bits per heavy atom. The highest BCUT2D eigenvalue weighted by molar-refractivity contribution is 8.08. The Labute approximate surface area is 155 Å². The Balaban J connectivity index is 2.46. The zero-order valence-electron chi connectivity index (χ0n) is 13.7. The number of nitrogens with zero attached hydrogens (tertiary/aromatic N) is 3. The molecule has 1 heterocycles. The van der Waals surface area contributed by atoms with Crippen molar-refractivity contribution in [1.82, 2.24) is 9.97 Å². The SMILES string of the molecule is Cc1cc(C)nc(SC(=CC=C(C#N)C(N)=O)c2ccc(Cl)cc2)n1. The van der Waals surface area contributed by atoms with Crippen LogP contribution in [0.4, 0.5) is 0 Å². The zero-order chi connectivity index (χ0) is 18.4. The number of allylic oxidation sites excluding steroid dienone is 2. The van der Waals surface area contributed by atoms with Gasteiger partial charge in [0.15, 0.2) is 5.16 Å². The van der Waals surface area contributed by atoms with Gasteiger partial charge in [-0.3, -0.25) is 4.79 Å². The lowest BCUT2D eigenvalue weighted by Gasteiger charge is -2.08. The molecule has 2 aromatic rings. The van der Waals surface area contributed by atoms with E-state index in [-0.39, 0.29) is 5.57 Å². The van der Waals surface area contributed by atoms with Crippen molar-refractivity contribution in [3.8, 4) is 6.07 Å². The molecule has 1 aromatic carbocycles. The lowest BCUT2D eigenvalue weighted by atomic mass is 10.2. The van der Waals surface area contributed by atoms with Crippen LogP contribution >= 0.6 is 23.4 Å². The first kappa shape index (κ1) is 18.7. The molecule has 5 nitrogen and oxygen atoms in total. The van der Waals surface area contributed by atoms with Gasteiger partial charge in [-0.2, -0.15) is 5.26 Å². The number of aryl methyl sites for hydroxylation is 2. The van der Waals surface area contributed by atoms with Crippen LogP contribution in [0, 0.1) is 25.2 Å². The summed E-state index contributed by atoms with van der Waals surface area (Å²) in [5.41, 5.74) is 7.62. The van der Waals surface area contributed by atoms with Gasteiger partial charge in [0, 0.05) is 21.3 Å². The van der Waals surface area contributed by atoms with Gasteiger partial charge in [0.05, 0.1) is 0 Å². The molecule has 0 bridgehead atoms. The lowest BCUT2D eigenvalue weighted by molar-refractivity contribution is -0.114. The summed E-state index contributed by atoms with van der Waals surface area (Å²) in [6.07, 6.45) is 3.04. The number of carbonyl (C=O) groups excluding carboxylic acids is 1. The van der Waals surface area contributed by atoms with Crippen molar-refractivity contribution in [3.63, 3.8) is 0 Å². The molecule has 0 radical (unpaired) electrons. The molecule has 25 heavy (non-hydrogen) atoms. The van der Waals surface area contributed by atoms with E-state index in [0.29, 0.717) is 10.2 Å². The molecule has 0 aliphatic carbocycles. The van der Waals surface area contributed by atoms with Crippen LogP contribution in [0.2, 0.25) is 5.02 Å². The zero-order valence-corrected chi connectivity index (χ0v) is 15.2. The van der Waals surface area contributed by atoms with Crippen molar-refractivity contribution in [2.24, 2.45) is 5.73 Å². The van der Waals surface area contributed by atoms with E-state index in [9.17, 15) is 4.79 Å². The van der Waals surface area contributed by atoms with E-state index >= 15 is 0 Å². The van der Waals surface area contributed by atoms with Gasteiger partial charge in [-0.1, -0.05) is 23.7 Å². The predicted molar refractivity (Wildman–Crippen MR) is 99.7 cm³/mol. The van der Waals surface area contributed by atoms with Crippen molar-refractivity contribution in [1.29, 1.82) is 5.26 Å². The smallest absolute Gasteiger partial charge is 0.259 e. The Morgan fingerprint density at radius 1 is 1.20 bits per heavy atom. The van der Waals surface area contributed by atoms with Crippen molar-refractivity contribution in [3.05, 3.63) is 70.0 Å². The van der Waals surface area contributed by atoms with Crippen LogP contribution < -0.4 is 5.73 Å². The number of hydrogen-bond acceptors (Lipinski definition) is 5. The molecule has 126 valence electrons. The number of amides is 1. The number of carbonyl (C=O) groups is 1. The molecule has 0 spiro atoms. The van der Waals surface area contributed by atoms with E-state index in [2.05, 4.69) is 9.97 Å². The highest BCUT2D eigenvalue weighted by Crippen LogP contribution is 2.33. The number of rotatable bonds is 5. The first-order valence-corrected chi connectivity index (χ1v) is 8.46. The molecule has 0 saturated carbocycles. The van der Waals surface area contributed by atoms with Crippen LogP contribution in [0.1, 0.15) is 17.0 Å². The molecule has 1 aromatic heterocycles. The fourth-order valence-electron chi connectivity index (χ4n) is 1.97. The summed E-state index contributed by atoms with van der Waals surface area (Å²) in [6, 6.07) is 10.9. The molecule has 2 N–H and O–H groups in total. The molecule has 0 saturated heterocycles. The maximum Gasteiger partial charge on any atom is 0.259 e. The average Bonchev–Trinajstić information content (AvgIpc) is 2.54. The number of thioether (sulfide) groups is 1. The fraction of sp³-hybridized carbons (Fsp3) is 0.111. The number of nitrogens with two attached hydrogens (primary N) is 1. The molecular formula is C18H15ClN4OS. The number of benzene rings is 1. The standard InChI is InChI=1S/C18H15ClN4OS/c1-11-9-12(2)23-18(22-11)25-16(8-5-14(10-20)17(21)24)13-3-6-15(19)7-4-13/h3-9H,1-2H3,(H2,21,24). The minimum atomic E-state index is -0.776. The van der Waals surface area contributed by atoms with E-state index < -0.39 is 5.91 Å². The number of nitriles is 1. The van der Waals surface area contributed by atoms with Gasteiger partial charge < -0.3 is 5.73 Å². The van der Waals surface area contributed by atoms with Crippen LogP contribution in [-0.2, 0) is 4.79 Å². The van der Waals surface area contributed by atoms with E-state index in [4.69, 9.17) is 22.6 Å². The van der Waals surface area contributed by atoms with Gasteiger partial charge in [0.25, 0.3) is 5.91 Å². The maximum absolute atomic E-state index is 11.2. The molecule has 2 rings (SSSR count). The van der Waals surface area contributed by atoms with Gasteiger partial charge in [0.2, 0.25) is 0 Å². The van der Waals surface area contributed by atoms with Crippen molar-refractivity contribution >= 4 is 34.2 Å². The summed E-state index contributed by atoms with van der Waals surface area (Å²) >= 11 is 7.27. The Morgan fingerprint density at radius 2 is 1.80 bits per heavy atom. The quantitative estimate of drug-likeness (QED) is 0.284. The normalized spacial score (nSPS) is 11.9. The van der Waals surface area contributed by atoms with Crippen LogP contribution in [0.3, 0.4) is 0 Å². The second kappa shape index (κ2) is 8.47. The highest BCUT2D eigenvalue weighted by atomic mass is 35.5. The molecule has 0 unspecified atom stereocenters. The predicted octanol–water partition coefficient (Wildman–Crippen LogP) is 3.82. The van der Waals surface area contributed by atoms with Crippen LogP contribution in [-0.4, -0.2) is 15.9 Å². The second-order valence-corrected chi connectivity index (χ2v) is 6.58. The average molecular weight is 371 g/mol. The first-order chi connectivity index (χ1) is 11.9. The molecule has 0 atom stereocenters. The van der Waals surface area contributed by atoms with Crippen LogP contribution in [0.25, 0.3) is 4.91 Å². The monoisotopic (exact) mass is 370 g/mol. The van der Waals surface area contributed by atoms with E-state index in [0.717, 1.165) is 21.9 Å². The van der Waals surface area contributed by atoms with Gasteiger partial charge in [-0.05, 0) is 61.5 Å². The summed E-state index contributed by atoms with van der Waals surface area (Å²) in [4.78, 5) is 20.8. The van der Waals surface area contributed by atoms with E-state index in [1.54, 1.807) is 24.3 Å². The lowest BCUT2D eigenvalue weighted by Crippen LogP contribution is -2.12. The van der Waals surface area contributed by atoms with Gasteiger partial charge in [0.1, 0.15) is 11.6 Å². The minimum Gasteiger partial charge on any atom is -0.365 e. The minimum absolute atomic E-state index is 0.131. The van der Waals surface area contributed by atoms with Crippen LogP contribution in [0.5, 0.6) is 0 Å². The molecule has 0 aliphatic rings. The molecule has 1 amide bonds. The van der Waals surface area contributed by atoms with Gasteiger partial charge in [-0.25, -0.2) is 9.97 Å². The summed E-state index contributed by atoms with van der Waals surface area (Å²) in [5.74, 6) is -0.776. The Kier molecular flexibility index (Phi) is 6.34. The number of primary amides is 1. The van der Waals surface area contributed by atoms with Crippen LogP contribution in [0.15, 0.2) is 53.2 Å². The highest BCUT2D eigenvalue weighted by Gasteiger charge is 2.09. The van der Waals surface area contributed by atoms with Gasteiger partial charge in [-0.15, -0.1) is 0 Å². The van der Waals surface area contributed by atoms with E-state index in [1.807, 2.05) is 32.0 Å². The third kappa shape index (κ3) is 5.45. The van der Waals surface area contributed by atoms with Gasteiger partial charge >= 0.3 is 0 Å². The topological polar surface area (TPSA) is 92.7 Å². The summed E-state index contributed by atoms with van der Waals surface area (Å²) in [7, 11) is 0. The first-order valence-electron chi connectivity index (χ1n) is 7.27. The van der Waals surface area contributed by atoms with Crippen molar-refractivity contribution in [2.45, 2.75) is 19.0 Å². The number of hydrogen-bond donors (Lipinski definition) is 1. The second-order valence-electron chi connectivity index (χ2n) is 5.13. The van der Waals surface area contributed by atoms with Crippen molar-refractivity contribution in [2.75, 3.05) is 0 Å². The Bertz CT molecular complexity index is 878. The molecule has 0 fully saturated rings. The molecular weight excluding hydrogens is 356 g/mol. The summed E-state index contributed by atoms with van der Waals surface area (Å²) < 4.78 is 0. The third-order valence-electron chi connectivity index (χ3n) is 3.08. The summed E-state index contributed by atoms with van der Waals surface area (Å²) in [5, 5.41) is 10.2. The molecule has 0 aliphatic heterocycles. The summed E-state index contributed by atoms with van der Waals surface area (Å²) in [6.45, 7) is 3.79. The number of aromatic nitrogens is 2. The van der Waals surface area contributed by atoms with Crippen molar-refractivity contribution < 1.29 is 4.79 Å². The Hall–Kier alpha value is -2.62. The fourth-order valence-corrected chi connectivity index (χ4v) is 3.07. The number of halogens is 1. The molecule has 7 heteroatoms.